The first-order valence-electron chi connectivity index (χ1n) is 5.71. The molecule has 0 saturated carbocycles. The molecule has 0 bridgehead atoms. The molecule has 0 spiro atoms. The predicted octanol–water partition coefficient (Wildman–Crippen LogP) is 0.342. The Morgan fingerprint density at radius 1 is 1.44 bits per heavy atom. The molecule has 4 nitrogen and oxygen atoms in total. The van der Waals surface area contributed by atoms with Gasteiger partial charge in [0.2, 0.25) is 0 Å². The average molecular weight is 219 g/mol. The van der Waals surface area contributed by atoms with Crippen LogP contribution in [0.15, 0.2) is 18.3 Å². The van der Waals surface area contributed by atoms with E-state index in [0.29, 0.717) is 5.69 Å². The molecule has 1 saturated heterocycles. The molecule has 1 aromatic heterocycles. The molecular formula is C12H17N3O. The van der Waals surface area contributed by atoms with Gasteiger partial charge in [0, 0.05) is 38.9 Å². The number of hydrogen-bond acceptors (Lipinski definition) is 4. The van der Waals surface area contributed by atoms with Gasteiger partial charge in [-0.15, -0.1) is 0 Å². The summed E-state index contributed by atoms with van der Waals surface area (Å²) in [7, 11) is 0. The van der Waals surface area contributed by atoms with E-state index in [4.69, 9.17) is 0 Å². The first-order valence-corrected chi connectivity index (χ1v) is 5.71. The molecule has 2 rings (SSSR count). The lowest BCUT2D eigenvalue weighted by Gasteiger charge is -2.27. The number of hydrogen-bond donors (Lipinski definition) is 1. The maximum absolute atomic E-state index is 10.6. The topological polar surface area (TPSA) is 45.2 Å². The highest BCUT2D eigenvalue weighted by Gasteiger charge is 2.08. The summed E-state index contributed by atoms with van der Waals surface area (Å²) in [5, 5.41) is 3.33. The number of aldehydes is 1. The number of carbonyl (C=O) groups excluding carboxylic acids is 1. The Hall–Kier alpha value is -1.26. The molecule has 1 aliphatic heterocycles. The van der Waals surface area contributed by atoms with E-state index in [0.717, 1.165) is 45.4 Å². The average Bonchev–Trinajstić information content (AvgIpc) is 2.38. The van der Waals surface area contributed by atoms with Gasteiger partial charge in [-0.25, -0.2) is 0 Å². The number of nitrogens with zero attached hydrogens (tertiary/aromatic N) is 2. The summed E-state index contributed by atoms with van der Waals surface area (Å²) >= 11 is 0. The number of rotatable bonds is 4. The third-order valence-electron chi connectivity index (χ3n) is 2.89. The van der Waals surface area contributed by atoms with E-state index in [1.165, 1.54) is 5.56 Å². The summed E-state index contributed by atoms with van der Waals surface area (Å²) in [4.78, 5) is 17.0. The lowest BCUT2D eigenvalue weighted by Crippen LogP contribution is -2.44. The van der Waals surface area contributed by atoms with Gasteiger partial charge in [0.15, 0.2) is 6.29 Å². The smallest absolute Gasteiger partial charge is 0.168 e. The fraction of sp³-hybridized carbons (Fsp3) is 0.500. The Bertz CT molecular complexity index is 348. The van der Waals surface area contributed by atoms with Crippen LogP contribution in [0.4, 0.5) is 0 Å². The van der Waals surface area contributed by atoms with Crippen molar-refractivity contribution in [3.8, 4) is 0 Å². The molecule has 1 aliphatic rings. The highest BCUT2D eigenvalue weighted by Crippen LogP contribution is 2.03. The fourth-order valence-electron chi connectivity index (χ4n) is 1.94. The van der Waals surface area contributed by atoms with Crippen LogP contribution in [0.25, 0.3) is 0 Å². The van der Waals surface area contributed by atoms with Gasteiger partial charge in [0.25, 0.3) is 0 Å². The first kappa shape index (κ1) is 11.2. The molecule has 0 atom stereocenters. The van der Waals surface area contributed by atoms with Crippen molar-refractivity contribution in [2.45, 2.75) is 6.42 Å². The summed E-state index contributed by atoms with van der Waals surface area (Å²) in [6.45, 7) is 5.45. The van der Waals surface area contributed by atoms with E-state index in [9.17, 15) is 4.79 Å². The van der Waals surface area contributed by atoms with Crippen molar-refractivity contribution in [2.75, 3.05) is 32.7 Å². The van der Waals surface area contributed by atoms with Gasteiger partial charge >= 0.3 is 0 Å². The summed E-state index contributed by atoms with van der Waals surface area (Å²) in [5.74, 6) is 0. The number of aromatic nitrogens is 1. The molecule has 4 heteroatoms. The normalized spacial score (nSPS) is 17.2. The van der Waals surface area contributed by atoms with Crippen LogP contribution in [0.5, 0.6) is 0 Å². The SMILES string of the molecule is O=Cc1cc(CCN2CCNCC2)ccn1. The minimum Gasteiger partial charge on any atom is -0.314 e. The minimum absolute atomic E-state index is 0.526. The van der Waals surface area contributed by atoms with Crippen molar-refractivity contribution in [1.29, 1.82) is 0 Å². The molecule has 1 N–H and O–H groups in total. The molecule has 0 aromatic carbocycles. The van der Waals surface area contributed by atoms with Crippen molar-refractivity contribution >= 4 is 6.29 Å². The van der Waals surface area contributed by atoms with Crippen LogP contribution in [0.3, 0.4) is 0 Å². The molecule has 0 aliphatic carbocycles. The maximum Gasteiger partial charge on any atom is 0.168 e. The van der Waals surface area contributed by atoms with Gasteiger partial charge in [0.05, 0.1) is 0 Å². The van der Waals surface area contributed by atoms with Gasteiger partial charge in [0.1, 0.15) is 5.69 Å². The third kappa shape index (κ3) is 3.12. The molecule has 0 amide bonds. The molecule has 1 fully saturated rings. The second-order valence-corrected chi connectivity index (χ2v) is 4.05. The Morgan fingerprint density at radius 3 is 3.00 bits per heavy atom. The highest BCUT2D eigenvalue weighted by molar-refractivity contribution is 5.71. The summed E-state index contributed by atoms with van der Waals surface area (Å²) in [6, 6.07) is 3.85. The van der Waals surface area contributed by atoms with E-state index in [1.54, 1.807) is 6.20 Å². The van der Waals surface area contributed by atoms with Crippen LogP contribution >= 0.6 is 0 Å². The highest BCUT2D eigenvalue weighted by atomic mass is 16.1. The largest absolute Gasteiger partial charge is 0.314 e. The van der Waals surface area contributed by atoms with Gasteiger partial charge < -0.3 is 10.2 Å². The number of nitrogens with one attached hydrogen (secondary N) is 1. The molecule has 2 heterocycles. The van der Waals surface area contributed by atoms with Crippen LogP contribution in [-0.4, -0.2) is 48.9 Å². The number of pyridine rings is 1. The van der Waals surface area contributed by atoms with Gasteiger partial charge in [-0.05, 0) is 24.1 Å². The fourth-order valence-corrected chi connectivity index (χ4v) is 1.94. The van der Waals surface area contributed by atoms with E-state index in [-0.39, 0.29) is 0 Å². The zero-order chi connectivity index (χ0) is 11.2. The first-order chi connectivity index (χ1) is 7.88. The van der Waals surface area contributed by atoms with Crippen molar-refractivity contribution in [3.63, 3.8) is 0 Å². The molecule has 86 valence electrons. The monoisotopic (exact) mass is 219 g/mol. The Labute approximate surface area is 95.7 Å². The van der Waals surface area contributed by atoms with Crippen LogP contribution in [0, 0.1) is 0 Å². The summed E-state index contributed by atoms with van der Waals surface area (Å²) in [5.41, 5.74) is 1.72. The number of piperazine rings is 1. The minimum atomic E-state index is 0.526. The second-order valence-electron chi connectivity index (χ2n) is 4.05. The Morgan fingerprint density at radius 2 is 2.25 bits per heavy atom. The summed E-state index contributed by atoms with van der Waals surface area (Å²) in [6.07, 6.45) is 3.49. The zero-order valence-electron chi connectivity index (χ0n) is 9.35. The summed E-state index contributed by atoms with van der Waals surface area (Å²) < 4.78 is 0. The zero-order valence-corrected chi connectivity index (χ0v) is 9.35. The van der Waals surface area contributed by atoms with Gasteiger partial charge in [-0.2, -0.15) is 0 Å². The molecular weight excluding hydrogens is 202 g/mol. The van der Waals surface area contributed by atoms with Gasteiger partial charge in [-0.3, -0.25) is 9.78 Å². The van der Waals surface area contributed by atoms with E-state index >= 15 is 0 Å². The molecule has 1 aromatic rings. The third-order valence-corrected chi connectivity index (χ3v) is 2.89. The predicted molar refractivity (Wildman–Crippen MR) is 62.6 cm³/mol. The van der Waals surface area contributed by atoms with Crippen LogP contribution < -0.4 is 5.32 Å². The van der Waals surface area contributed by atoms with Crippen LogP contribution in [0.2, 0.25) is 0 Å². The van der Waals surface area contributed by atoms with E-state index in [1.807, 2.05) is 12.1 Å². The maximum atomic E-state index is 10.6. The Balaban J connectivity index is 1.85. The Kier molecular flexibility index (Phi) is 4.02. The second kappa shape index (κ2) is 5.72. The van der Waals surface area contributed by atoms with E-state index in [2.05, 4.69) is 15.2 Å². The van der Waals surface area contributed by atoms with Crippen molar-refractivity contribution in [3.05, 3.63) is 29.6 Å². The van der Waals surface area contributed by atoms with Crippen molar-refractivity contribution in [1.82, 2.24) is 15.2 Å². The van der Waals surface area contributed by atoms with E-state index < -0.39 is 0 Å². The lowest BCUT2D eigenvalue weighted by atomic mass is 10.1. The molecule has 0 unspecified atom stereocenters. The lowest BCUT2D eigenvalue weighted by molar-refractivity contribution is 0.111. The van der Waals surface area contributed by atoms with Gasteiger partial charge in [-0.1, -0.05) is 0 Å². The standard InChI is InChI=1S/C12H17N3O/c16-10-12-9-11(1-3-14-12)2-6-15-7-4-13-5-8-15/h1,3,9-10,13H,2,4-8H2. The number of carbonyl (C=O) groups is 1. The molecule has 16 heavy (non-hydrogen) atoms. The quantitative estimate of drug-likeness (QED) is 0.742. The van der Waals surface area contributed by atoms with Crippen LogP contribution in [0.1, 0.15) is 16.1 Å². The van der Waals surface area contributed by atoms with Crippen molar-refractivity contribution < 1.29 is 4.79 Å². The molecule has 0 radical (unpaired) electrons. The van der Waals surface area contributed by atoms with Crippen molar-refractivity contribution in [2.24, 2.45) is 0 Å². The van der Waals surface area contributed by atoms with Crippen LogP contribution in [-0.2, 0) is 6.42 Å².